The maximum Gasteiger partial charge on any atom is 0.251 e. The lowest BCUT2D eigenvalue weighted by Gasteiger charge is -2.08. The Morgan fingerprint density at radius 1 is 1.11 bits per heavy atom. The van der Waals surface area contributed by atoms with Crippen LogP contribution in [0.1, 0.15) is 32.9 Å². The van der Waals surface area contributed by atoms with E-state index in [1.165, 1.54) is 0 Å². The number of halogens is 1. The second kappa shape index (κ2) is 8.73. The Kier molecular flexibility index (Phi) is 6.14. The molecule has 2 aromatic carbocycles. The third-order valence-corrected chi connectivity index (χ3v) is 4.55. The molecule has 3 aromatic rings. The highest BCUT2D eigenvalue weighted by molar-refractivity contribution is 6.30. The summed E-state index contributed by atoms with van der Waals surface area (Å²) >= 11 is 5.87. The summed E-state index contributed by atoms with van der Waals surface area (Å²) < 4.78 is 10.9. The number of aromatic nitrogens is 1. The second-order valence-electron chi connectivity index (χ2n) is 6.25. The van der Waals surface area contributed by atoms with E-state index >= 15 is 0 Å². The summed E-state index contributed by atoms with van der Waals surface area (Å²) in [5.41, 5.74) is 3.49. The van der Waals surface area contributed by atoms with E-state index < -0.39 is 0 Å². The molecule has 0 aliphatic rings. The molecule has 27 heavy (non-hydrogen) atoms. The van der Waals surface area contributed by atoms with Crippen LogP contribution in [-0.2, 0) is 13.0 Å². The fourth-order valence-electron chi connectivity index (χ4n) is 2.64. The maximum absolute atomic E-state index is 12.2. The minimum Gasteiger partial charge on any atom is -0.489 e. The van der Waals surface area contributed by atoms with Gasteiger partial charge in [-0.05, 0) is 62.2 Å². The summed E-state index contributed by atoms with van der Waals surface area (Å²) in [6, 6.07) is 14.7. The van der Waals surface area contributed by atoms with E-state index in [4.69, 9.17) is 20.9 Å². The molecule has 5 nitrogen and oxygen atoms in total. The Morgan fingerprint density at radius 3 is 2.44 bits per heavy atom. The molecular formula is C21H21ClN2O3. The molecule has 1 aromatic heterocycles. The van der Waals surface area contributed by atoms with Gasteiger partial charge < -0.3 is 14.6 Å². The van der Waals surface area contributed by atoms with Crippen LogP contribution in [0.5, 0.6) is 5.75 Å². The van der Waals surface area contributed by atoms with Crippen molar-refractivity contribution in [3.05, 3.63) is 81.7 Å². The lowest BCUT2D eigenvalue weighted by molar-refractivity contribution is 0.0954. The number of hydrogen-bond donors (Lipinski definition) is 1. The Balaban J connectivity index is 1.49. The molecule has 0 bridgehead atoms. The maximum atomic E-state index is 12.2. The van der Waals surface area contributed by atoms with Crippen LogP contribution in [0.2, 0.25) is 5.02 Å². The van der Waals surface area contributed by atoms with Gasteiger partial charge in [0.25, 0.3) is 5.91 Å². The van der Waals surface area contributed by atoms with Crippen molar-refractivity contribution in [2.24, 2.45) is 0 Å². The van der Waals surface area contributed by atoms with Crippen LogP contribution < -0.4 is 10.1 Å². The lowest BCUT2D eigenvalue weighted by Crippen LogP contribution is -2.25. The number of amides is 1. The molecule has 0 atom stereocenters. The minimum absolute atomic E-state index is 0.110. The molecule has 0 unspecified atom stereocenters. The molecule has 0 saturated heterocycles. The van der Waals surface area contributed by atoms with Crippen molar-refractivity contribution < 1.29 is 14.1 Å². The topological polar surface area (TPSA) is 64.4 Å². The summed E-state index contributed by atoms with van der Waals surface area (Å²) in [7, 11) is 0. The molecule has 0 aliphatic carbocycles. The zero-order valence-corrected chi connectivity index (χ0v) is 16.0. The van der Waals surface area contributed by atoms with E-state index in [1.807, 2.05) is 38.1 Å². The predicted octanol–water partition coefficient (Wildman–Crippen LogP) is 4.50. The first kappa shape index (κ1) is 19.0. The molecule has 0 saturated carbocycles. The average molecular weight is 385 g/mol. The Labute approximate surface area is 163 Å². The van der Waals surface area contributed by atoms with Crippen LogP contribution in [0.15, 0.2) is 53.1 Å². The van der Waals surface area contributed by atoms with Crippen LogP contribution in [0.25, 0.3) is 0 Å². The third kappa shape index (κ3) is 5.11. The van der Waals surface area contributed by atoms with Crippen molar-refractivity contribution in [3.63, 3.8) is 0 Å². The Morgan fingerprint density at radius 2 is 1.81 bits per heavy atom. The van der Waals surface area contributed by atoms with E-state index in [2.05, 4.69) is 10.5 Å². The molecule has 140 valence electrons. The first-order chi connectivity index (χ1) is 13.0. The van der Waals surface area contributed by atoms with Crippen LogP contribution >= 0.6 is 11.6 Å². The van der Waals surface area contributed by atoms with Crippen molar-refractivity contribution in [2.45, 2.75) is 26.9 Å². The molecule has 1 heterocycles. The first-order valence-corrected chi connectivity index (χ1v) is 9.08. The SMILES string of the molecule is Cc1noc(C)c1COc1ccc(C(=O)NCCc2ccc(Cl)cc2)cc1. The van der Waals surface area contributed by atoms with Gasteiger partial charge in [0.05, 0.1) is 11.3 Å². The van der Waals surface area contributed by atoms with Gasteiger partial charge in [-0.15, -0.1) is 0 Å². The van der Waals surface area contributed by atoms with Crippen molar-refractivity contribution in [2.75, 3.05) is 6.54 Å². The predicted molar refractivity (Wildman–Crippen MR) is 104 cm³/mol. The van der Waals surface area contributed by atoms with Crippen molar-refractivity contribution >= 4 is 17.5 Å². The van der Waals surface area contributed by atoms with Gasteiger partial charge in [0.2, 0.25) is 0 Å². The van der Waals surface area contributed by atoms with E-state index in [0.29, 0.717) is 29.5 Å². The van der Waals surface area contributed by atoms with Gasteiger partial charge in [-0.2, -0.15) is 0 Å². The van der Waals surface area contributed by atoms with E-state index in [9.17, 15) is 4.79 Å². The second-order valence-corrected chi connectivity index (χ2v) is 6.68. The lowest BCUT2D eigenvalue weighted by atomic mass is 10.1. The number of nitrogens with zero attached hydrogens (tertiary/aromatic N) is 1. The van der Waals surface area contributed by atoms with Gasteiger partial charge in [-0.1, -0.05) is 28.9 Å². The summed E-state index contributed by atoms with van der Waals surface area (Å²) in [5, 5.41) is 7.53. The number of ether oxygens (including phenoxy) is 1. The number of rotatable bonds is 7. The standard InChI is InChI=1S/C21H21ClN2O3/c1-14-20(15(2)27-24-14)13-26-19-9-5-17(6-10-19)21(25)23-12-11-16-3-7-18(22)8-4-16/h3-10H,11-13H2,1-2H3,(H,23,25). The molecule has 0 radical (unpaired) electrons. The number of benzene rings is 2. The Bertz CT molecular complexity index is 883. The van der Waals surface area contributed by atoms with E-state index in [0.717, 1.165) is 29.0 Å². The smallest absolute Gasteiger partial charge is 0.251 e. The van der Waals surface area contributed by atoms with Crippen LogP contribution in [0.3, 0.4) is 0 Å². The zero-order chi connectivity index (χ0) is 19.2. The normalized spacial score (nSPS) is 10.6. The third-order valence-electron chi connectivity index (χ3n) is 4.29. The van der Waals surface area contributed by atoms with Gasteiger partial charge in [-0.25, -0.2) is 0 Å². The average Bonchev–Trinajstić information content (AvgIpc) is 3.00. The number of carbonyl (C=O) groups is 1. The van der Waals surface area contributed by atoms with Crippen molar-refractivity contribution in [1.82, 2.24) is 10.5 Å². The fraction of sp³-hybridized carbons (Fsp3) is 0.238. The molecule has 6 heteroatoms. The zero-order valence-electron chi connectivity index (χ0n) is 15.3. The summed E-state index contributed by atoms with van der Waals surface area (Å²) in [6.45, 7) is 4.68. The fourth-order valence-corrected chi connectivity index (χ4v) is 2.77. The summed E-state index contributed by atoms with van der Waals surface area (Å²) in [6.07, 6.45) is 0.752. The van der Waals surface area contributed by atoms with Crippen molar-refractivity contribution in [3.8, 4) is 5.75 Å². The van der Waals surface area contributed by atoms with Gasteiger partial charge in [-0.3, -0.25) is 4.79 Å². The van der Waals surface area contributed by atoms with Crippen LogP contribution in [0.4, 0.5) is 0 Å². The minimum atomic E-state index is -0.110. The number of carbonyl (C=O) groups excluding carboxylic acids is 1. The molecule has 1 N–H and O–H groups in total. The highest BCUT2D eigenvalue weighted by Gasteiger charge is 2.10. The number of aryl methyl sites for hydroxylation is 2. The highest BCUT2D eigenvalue weighted by Crippen LogP contribution is 2.18. The van der Waals surface area contributed by atoms with Crippen LogP contribution in [0, 0.1) is 13.8 Å². The van der Waals surface area contributed by atoms with E-state index in [-0.39, 0.29) is 5.91 Å². The van der Waals surface area contributed by atoms with E-state index in [1.54, 1.807) is 24.3 Å². The number of hydrogen-bond acceptors (Lipinski definition) is 4. The molecular weight excluding hydrogens is 364 g/mol. The molecule has 1 amide bonds. The summed E-state index contributed by atoms with van der Waals surface area (Å²) in [5.74, 6) is 1.33. The molecule has 0 spiro atoms. The quantitative estimate of drug-likeness (QED) is 0.651. The van der Waals surface area contributed by atoms with Gasteiger partial charge in [0, 0.05) is 17.1 Å². The Hall–Kier alpha value is -2.79. The monoisotopic (exact) mass is 384 g/mol. The largest absolute Gasteiger partial charge is 0.489 e. The molecule has 0 aliphatic heterocycles. The van der Waals surface area contributed by atoms with Gasteiger partial charge in [0.1, 0.15) is 18.1 Å². The molecule has 0 fully saturated rings. The highest BCUT2D eigenvalue weighted by atomic mass is 35.5. The van der Waals surface area contributed by atoms with Gasteiger partial charge in [0.15, 0.2) is 0 Å². The summed E-state index contributed by atoms with van der Waals surface area (Å²) in [4.78, 5) is 12.2. The van der Waals surface area contributed by atoms with Crippen LogP contribution in [-0.4, -0.2) is 17.6 Å². The number of nitrogens with one attached hydrogen (secondary N) is 1. The molecule has 3 rings (SSSR count). The first-order valence-electron chi connectivity index (χ1n) is 8.70. The van der Waals surface area contributed by atoms with Gasteiger partial charge >= 0.3 is 0 Å². The van der Waals surface area contributed by atoms with Crippen molar-refractivity contribution in [1.29, 1.82) is 0 Å².